The van der Waals surface area contributed by atoms with E-state index in [0.29, 0.717) is 0 Å². The van der Waals surface area contributed by atoms with Crippen LogP contribution in [0.25, 0.3) is 0 Å². The maximum absolute atomic E-state index is 12.3. The Bertz CT molecular complexity index is 637. The van der Waals surface area contributed by atoms with Crippen LogP contribution in [0.5, 0.6) is 11.5 Å². The molecular weight excluding hydrogens is 396 g/mol. The maximum atomic E-state index is 12.3. The van der Waals surface area contributed by atoms with Crippen molar-refractivity contribution in [3.05, 3.63) is 18.2 Å². The first-order valence-electron chi connectivity index (χ1n) is 8.07. The number of nitrogens with one attached hydrogen (secondary N) is 2. The lowest BCUT2D eigenvalue weighted by atomic mass is 10.2. The molecule has 1 aromatic rings. The van der Waals surface area contributed by atoms with Crippen molar-refractivity contribution >= 4 is 11.7 Å². The highest BCUT2D eigenvalue weighted by atomic mass is 19.4. The number of halogens is 6. The Morgan fingerprint density at radius 1 is 1.11 bits per heavy atom. The first-order valence-corrected chi connectivity index (χ1v) is 8.07. The van der Waals surface area contributed by atoms with Gasteiger partial charge < -0.3 is 20.1 Å². The zero-order chi connectivity index (χ0) is 21.4. The predicted octanol–water partition coefficient (Wildman–Crippen LogP) is 3.64. The number of benzene rings is 1. The molecule has 0 aliphatic rings. The van der Waals surface area contributed by atoms with Crippen molar-refractivity contribution in [3.63, 3.8) is 0 Å². The molecule has 0 bridgehead atoms. The van der Waals surface area contributed by atoms with Crippen LogP contribution in [-0.4, -0.2) is 63.7 Å². The van der Waals surface area contributed by atoms with Crippen LogP contribution in [0, 0.1) is 0 Å². The van der Waals surface area contributed by atoms with Crippen LogP contribution in [0.15, 0.2) is 18.2 Å². The lowest BCUT2D eigenvalue weighted by Gasteiger charge is -2.18. The third-order valence-electron chi connectivity index (χ3n) is 3.26. The molecule has 1 rings (SSSR count). The van der Waals surface area contributed by atoms with E-state index in [1.165, 1.54) is 32.4 Å². The molecular formula is C16H21F6N3O3. The summed E-state index contributed by atoms with van der Waals surface area (Å²) in [6, 6.07) is 3.23. The zero-order valence-corrected chi connectivity index (χ0v) is 15.2. The third kappa shape index (κ3) is 10.1. The quantitative estimate of drug-likeness (QED) is 0.476. The summed E-state index contributed by atoms with van der Waals surface area (Å²) in [6.07, 6.45) is -8.55. The second kappa shape index (κ2) is 10.2. The molecule has 28 heavy (non-hydrogen) atoms. The van der Waals surface area contributed by atoms with Crippen molar-refractivity contribution in [1.82, 2.24) is 10.2 Å². The molecule has 2 amide bonds. The van der Waals surface area contributed by atoms with Crippen LogP contribution in [0.4, 0.5) is 36.8 Å². The molecule has 160 valence electrons. The number of hydrogen-bond acceptors (Lipinski definition) is 4. The van der Waals surface area contributed by atoms with E-state index in [-0.39, 0.29) is 36.7 Å². The maximum Gasteiger partial charge on any atom is 0.422 e. The number of rotatable bonds is 9. The summed E-state index contributed by atoms with van der Waals surface area (Å²) in [5.74, 6) is -0.144. The molecule has 0 aliphatic heterocycles. The molecule has 0 saturated heterocycles. The van der Waals surface area contributed by atoms with Gasteiger partial charge in [0.15, 0.2) is 18.1 Å². The molecule has 0 saturated carbocycles. The van der Waals surface area contributed by atoms with E-state index < -0.39 is 31.5 Å². The average molecular weight is 417 g/mol. The fourth-order valence-corrected chi connectivity index (χ4v) is 2.14. The number of carbonyl (C=O) groups excluding carboxylic acids is 1. The van der Waals surface area contributed by atoms with Gasteiger partial charge >= 0.3 is 18.4 Å². The van der Waals surface area contributed by atoms with Crippen LogP contribution in [0.2, 0.25) is 0 Å². The van der Waals surface area contributed by atoms with Gasteiger partial charge in [0.05, 0.1) is 13.7 Å². The van der Waals surface area contributed by atoms with Gasteiger partial charge in [0.2, 0.25) is 0 Å². The number of ether oxygens (including phenoxy) is 2. The first-order chi connectivity index (χ1) is 12.9. The number of carbonyl (C=O) groups is 1. The SMILES string of the molecule is COc1ccc(NC(=O)NCCCN(C)CC(F)(F)F)cc1OCC(F)(F)F. The van der Waals surface area contributed by atoms with E-state index >= 15 is 0 Å². The number of anilines is 1. The van der Waals surface area contributed by atoms with Gasteiger partial charge in [-0.15, -0.1) is 0 Å². The minimum absolute atomic E-state index is 0.0582. The van der Waals surface area contributed by atoms with Crippen LogP contribution in [0.3, 0.4) is 0 Å². The number of nitrogens with zero attached hydrogens (tertiary/aromatic N) is 1. The molecule has 0 aromatic heterocycles. The van der Waals surface area contributed by atoms with E-state index in [4.69, 9.17) is 4.74 Å². The summed E-state index contributed by atoms with van der Waals surface area (Å²) in [5.41, 5.74) is 0.157. The highest BCUT2D eigenvalue weighted by Crippen LogP contribution is 2.31. The van der Waals surface area contributed by atoms with E-state index in [9.17, 15) is 31.1 Å². The average Bonchev–Trinajstić information content (AvgIpc) is 2.55. The van der Waals surface area contributed by atoms with Gasteiger partial charge in [0.25, 0.3) is 0 Å². The molecule has 12 heteroatoms. The summed E-state index contributed by atoms with van der Waals surface area (Å²) >= 11 is 0. The highest BCUT2D eigenvalue weighted by molar-refractivity contribution is 5.89. The van der Waals surface area contributed by atoms with Crippen LogP contribution in [0.1, 0.15) is 6.42 Å². The standard InChI is InChI=1S/C16H21F6N3O3/c1-25(9-15(17,18)19)7-3-6-23-14(26)24-11-4-5-12(27-2)13(8-11)28-10-16(20,21)22/h4-5,8H,3,6-7,9-10H2,1-2H3,(H2,23,24,26). The lowest BCUT2D eigenvalue weighted by molar-refractivity contribution is -0.153. The molecule has 0 unspecified atom stereocenters. The summed E-state index contributed by atoms with van der Waals surface area (Å²) in [5, 5.41) is 4.84. The largest absolute Gasteiger partial charge is 0.493 e. The third-order valence-corrected chi connectivity index (χ3v) is 3.26. The normalized spacial score (nSPS) is 12.0. The number of methoxy groups -OCH3 is 1. The van der Waals surface area contributed by atoms with Crippen molar-refractivity contribution in [2.75, 3.05) is 45.7 Å². The van der Waals surface area contributed by atoms with Crippen LogP contribution < -0.4 is 20.1 Å². The van der Waals surface area contributed by atoms with Crippen molar-refractivity contribution < 1.29 is 40.6 Å². The highest BCUT2D eigenvalue weighted by Gasteiger charge is 2.29. The summed E-state index contributed by atoms with van der Waals surface area (Å²) in [4.78, 5) is 12.9. The van der Waals surface area contributed by atoms with Crippen LogP contribution >= 0.6 is 0 Å². The van der Waals surface area contributed by atoms with Gasteiger partial charge in [-0.2, -0.15) is 26.3 Å². The van der Waals surface area contributed by atoms with E-state index in [1.807, 2.05) is 0 Å². The van der Waals surface area contributed by atoms with Gasteiger partial charge in [0.1, 0.15) is 0 Å². The second-order valence-electron chi connectivity index (χ2n) is 5.86. The number of urea groups is 1. The lowest BCUT2D eigenvalue weighted by Crippen LogP contribution is -2.34. The van der Waals surface area contributed by atoms with Gasteiger partial charge in [-0.3, -0.25) is 4.90 Å². The van der Waals surface area contributed by atoms with Gasteiger partial charge in [0, 0.05) is 18.3 Å². The smallest absolute Gasteiger partial charge is 0.422 e. The molecule has 6 nitrogen and oxygen atoms in total. The predicted molar refractivity (Wildman–Crippen MR) is 89.7 cm³/mol. The molecule has 0 aliphatic carbocycles. The second-order valence-corrected chi connectivity index (χ2v) is 5.86. The molecule has 0 heterocycles. The molecule has 0 atom stereocenters. The number of amides is 2. The van der Waals surface area contributed by atoms with Gasteiger partial charge in [-0.1, -0.05) is 0 Å². The van der Waals surface area contributed by atoms with Crippen molar-refractivity contribution in [2.45, 2.75) is 18.8 Å². The van der Waals surface area contributed by atoms with Crippen molar-refractivity contribution in [1.29, 1.82) is 0 Å². The number of hydrogen-bond donors (Lipinski definition) is 2. The molecule has 0 spiro atoms. The Hall–Kier alpha value is -2.37. The Morgan fingerprint density at radius 2 is 1.79 bits per heavy atom. The fourth-order valence-electron chi connectivity index (χ4n) is 2.14. The molecule has 2 N–H and O–H groups in total. The monoisotopic (exact) mass is 417 g/mol. The Morgan fingerprint density at radius 3 is 2.36 bits per heavy atom. The summed E-state index contributed by atoms with van der Waals surface area (Å²) in [6.45, 7) is -2.34. The molecule has 0 radical (unpaired) electrons. The van der Waals surface area contributed by atoms with Gasteiger partial charge in [-0.05, 0) is 32.1 Å². The summed E-state index contributed by atoms with van der Waals surface area (Å²) < 4.78 is 83.0. The van der Waals surface area contributed by atoms with E-state index in [2.05, 4.69) is 15.4 Å². The minimum atomic E-state index is -4.54. The van der Waals surface area contributed by atoms with Crippen LogP contribution in [-0.2, 0) is 0 Å². The molecule has 1 aromatic carbocycles. The van der Waals surface area contributed by atoms with Crippen molar-refractivity contribution in [2.24, 2.45) is 0 Å². The Balaban J connectivity index is 2.48. The zero-order valence-electron chi connectivity index (χ0n) is 15.2. The topological polar surface area (TPSA) is 62.8 Å². The Labute approximate surface area is 157 Å². The minimum Gasteiger partial charge on any atom is -0.493 e. The van der Waals surface area contributed by atoms with Crippen molar-refractivity contribution in [3.8, 4) is 11.5 Å². The first kappa shape index (κ1) is 23.7. The summed E-state index contributed by atoms with van der Waals surface area (Å²) in [7, 11) is 2.57. The Kier molecular flexibility index (Phi) is 8.66. The van der Waals surface area contributed by atoms with Gasteiger partial charge in [-0.25, -0.2) is 4.79 Å². The molecule has 0 fully saturated rings. The van der Waals surface area contributed by atoms with E-state index in [1.54, 1.807) is 0 Å². The van der Waals surface area contributed by atoms with E-state index in [0.717, 1.165) is 4.90 Å². The fraction of sp³-hybridized carbons (Fsp3) is 0.562. The number of alkyl halides is 6.